The first-order chi connectivity index (χ1) is 13.6. The van der Waals surface area contributed by atoms with Crippen molar-refractivity contribution in [1.29, 1.82) is 0 Å². The van der Waals surface area contributed by atoms with Gasteiger partial charge in [-0.3, -0.25) is 4.79 Å². The third kappa shape index (κ3) is 3.82. The molecule has 1 aliphatic heterocycles. The highest BCUT2D eigenvalue weighted by Crippen LogP contribution is 2.30. The molecule has 0 saturated carbocycles. The third-order valence-electron chi connectivity index (χ3n) is 4.78. The maximum atomic E-state index is 13.0. The second-order valence-corrected chi connectivity index (χ2v) is 7.48. The van der Waals surface area contributed by atoms with Crippen LogP contribution in [0.5, 0.6) is 5.75 Å². The van der Waals surface area contributed by atoms with Crippen LogP contribution in [0.25, 0.3) is 11.1 Å². The van der Waals surface area contributed by atoms with Crippen LogP contribution in [0.1, 0.15) is 15.9 Å². The molecular formula is C22H21N3O2S. The van der Waals surface area contributed by atoms with Gasteiger partial charge in [0.2, 0.25) is 0 Å². The van der Waals surface area contributed by atoms with Gasteiger partial charge in [-0.2, -0.15) is 0 Å². The summed E-state index contributed by atoms with van der Waals surface area (Å²) in [4.78, 5) is 20.1. The van der Waals surface area contributed by atoms with E-state index >= 15 is 0 Å². The molecule has 0 spiro atoms. The highest BCUT2D eigenvalue weighted by Gasteiger charge is 2.21. The van der Waals surface area contributed by atoms with Crippen LogP contribution in [-0.2, 0) is 6.54 Å². The molecule has 0 saturated heterocycles. The molecule has 0 aliphatic carbocycles. The van der Waals surface area contributed by atoms with Gasteiger partial charge in [-0.1, -0.05) is 6.07 Å². The summed E-state index contributed by atoms with van der Waals surface area (Å²) < 4.78 is 5.88. The van der Waals surface area contributed by atoms with Crippen molar-refractivity contribution in [3.05, 3.63) is 71.9 Å². The number of nitrogens with zero attached hydrogens (tertiary/aromatic N) is 2. The van der Waals surface area contributed by atoms with E-state index < -0.39 is 0 Å². The first-order valence-corrected chi connectivity index (χ1v) is 10.3. The maximum Gasteiger partial charge on any atom is 0.254 e. The van der Waals surface area contributed by atoms with Crippen LogP contribution in [0.4, 0.5) is 5.82 Å². The van der Waals surface area contributed by atoms with Gasteiger partial charge < -0.3 is 15.4 Å². The van der Waals surface area contributed by atoms with Crippen LogP contribution >= 0.6 is 11.8 Å². The van der Waals surface area contributed by atoms with Gasteiger partial charge in [0, 0.05) is 34.3 Å². The van der Waals surface area contributed by atoms with Gasteiger partial charge >= 0.3 is 0 Å². The lowest BCUT2D eigenvalue weighted by Crippen LogP contribution is -2.32. The average molecular weight is 391 g/mol. The molecule has 3 aromatic rings. The zero-order valence-corrected chi connectivity index (χ0v) is 16.4. The fraction of sp³-hybridized carbons (Fsp3) is 0.182. The summed E-state index contributed by atoms with van der Waals surface area (Å²) in [7, 11) is 0. The highest BCUT2D eigenvalue weighted by molar-refractivity contribution is 7.98. The fourth-order valence-electron chi connectivity index (χ4n) is 3.24. The Morgan fingerprint density at radius 1 is 1.11 bits per heavy atom. The van der Waals surface area contributed by atoms with E-state index in [1.165, 1.54) is 0 Å². The topological polar surface area (TPSA) is 68.5 Å². The van der Waals surface area contributed by atoms with E-state index in [2.05, 4.69) is 11.1 Å². The minimum absolute atomic E-state index is 0.0173. The van der Waals surface area contributed by atoms with Gasteiger partial charge in [-0.05, 0) is 60.4 Å². The number of amides is 1. The van der Waals surface area contributed by atoms with E-state index in [1.807, 2.05) is 53.6 Å². The Bertz CT molecular complexity index is 988. The maximum absolute atomic E-state index is 13.0. The van der Waals surface area contributed by atoms with Gasteiger partial charge in [0.25, 0.3) is 5.91 Å². The number of fused-ring (bicyclic) bond motifs is 1. The number of nitrogens with two attached hydrogens (primary N) is 1. The van der Waals surface area contributed by atoms with E-state index in [9.17, 15) is 4.79 Å². The molecule has 0 unspecified atom stereocenters. The van der Waals surface area contributed by atoms with Crippen molar-refractivity contribution in [3.63, 3.8) is 0 Å². The van der Waals surface area contributed by atoms with Crippen LogP contribution in [0.3, 0.4) is 0 Å². The van der Waals surface area contributed by atoms with Crippen molar-refractivity contribution in [2.24, 2.45) is 0 Å². The van der Waals surface area contributed by atoms with E-state index in [0.29, 0.717) is 31.1 Å². The van der Waals surface area contributed by atoms with Crippen LogP contribution in [0.2, 0.25) is 0 Å². The van der Waals surface area contributed by atoms with Crippen LogP contribution in [0.15, 0.2) is 65.7 Å². The van der Waals surface area contributed by atoms with Crippen molar-refractivity contribution < 1.29 is 9.53 Å². The Labute approximate surface area is 168 Å². The van der Waals surface area contributed by atoms with E-state index in [-0.39, 0.29) is 5.91 Å². The second-order valence-electron chi connectivity index (χ2n) is 6.60. The molecule has 6 heteroatoms. The smallest absolute Gasteiger partial charge is 0.254 e. The number of hydrogen-bond donors (Lipinski definition) is 1. The normalized spacial score (nSPS) is 13.4. The zero-order chi connectivity index (χ0) is 19.5. The van der Waals surface area contributed by atoms with E-state index in [4.69, 9.17) is 10.5 Å². The molecule has 5 nitrogen and oxygen atoms in total. The molecule has 4 rings (SSSR count). The first-order valence-electron chi connectivity index (χ1n) is 9.05. The first kappa shape index (κ1) is 18.4. The average Bonchev–Trinajstić information content (AvgIpc) is 2.95. The molecule has 2 heterocycles. The number of aromatic nitrogens is 1. The standard InChI is InChI=1S/C22H21N3O2S/c1-28-19-6-2-15(3-7-19)22(26)25-10-11-27-20-8-4-16(12-18(20)14-25)17-5-9-21(23)24-13-17/h2-9,12-13H,10-11,14H2,1H3,(H2,23,24). The molecule has 142 valence electrons. The van der Waals surface area contributed by atoms with Gasteiger partial charge in [0.15, 0.2) is 0 Å². The van der Waals surface area contributed by atoms with Crippen molar-refractivity contribution in [2.75, 3.05) is 25.1 Å². The largest absolute Gasteiger partial charge is 0.491 e. The Kier molecular flexibility index (Phi) is 5.21. The number of rotatable bonds is 3. The predicted octanol–water partition coefficient (Wildman–Crippen LogP) is 4.09. The number of pyridine rings is 1. The molecule has 0 fully saturated rings. The molecule has 2 N–H and O–H groups in total. The number of carbonyl (C=O) groups excluding carboxylic acids is 1. The molecule has 1 aromatic heterocycles. The number of nitrogen functional groups attached to an aromatic ring is 1. The monoisotopic (exact) mass is 391 g/mol. The Balaban J connectivity index is 1.60. The number of ether oxygens (including phenoxy) is 1. The number of benzene rings is 2. The summed E-state index contributed by atoms with van der Waals surface area (Å²) in [6, 6.07) is 17.5. The van der Waals surface area contributed by atoms with Crippen LogP contribution < -0.4 is 10.5 Å². The Morgan fingerprint density at radius 3 is 2.61 bits per heavy atom. The predicted molar refractivity (Wildman–Crippen MR) is 113 cm³/mol. The van der Waals surface area contributed by atoms with Gasteiger partial charge in [0.1, 0.15) is 18.2 Å². The quantitative estimate of drug-likeness (QED) is 0.681. The minimum Gasteiger partial charge on any atom is -0.491 e. The number of thioether (sulfide) groups is 1. The third-order valence-corrected chi connectivity index (χ3v) is 5.53. The summed E-state index contributed by atoms with van der Waals surface area (Å²) in [5, 5.41) is 0. The summed E-state index contributed by atoms with van der Waals surface area (Å²) in [5.41, 5.74) is 9.37. The van der Waals surface area contributed by atoms with Crippen molar-refractivity contribution >= 4 is 23.5 Å². The van der Waals surface area contributed by atoms with Gasteiger partial charge in [-0.25, -0.2) is 4.98 Å². The number of anilines is 1. The summed E-state index contributed by atoms with van der Waals surface area (Å²) in [6.45, 7) is 1.54. The molecule has 0 bridgehead atoms. The van der Waals surface area contributed by atoms with Crippen LogP contribution in [-0.4, -0.2) is 35.2 Å². The minimum atomic E-state index is 0.0173. The molecule has 0 radical (unpaired) electrons. The van der Waals surface area contributed by atoms with Gasteiger partial charge in [0.05, 0.1) is 6.54 Å². The summed E-state index contributed by atoms with van der Waals surface area (Å²) in [6.07, 6.45) is 3.78. The van der Waals surface area contributed by atoms with Crippen molar-refractivity contribution in [3.8, 4) is 16.9 Å². The lowest BCUT2D eigenvalue weighted by molar-refractivity contribution is 0.0733. The van der Waals surface area contributed by atoms with E-state index in [1.54, 1.807) is 24.0 Å². The SMILES string of the molecule is CSc1ccc(C(=O)N2CCOc3ccc(-c4ccc(N)nc4)cc3C2)cc1. The fourth-order valence-corrected chi connectivity index (χ4v) is 3.65. The van der Waals surface area contributed by atoms with Crippen molar-refractivity contribution in [1.82, 2.24) is 9.88 Å². The molecule has 0 atom stereocenters. The number of hydrogen-bond acceptors (Lipinski definition) is 5. The molecule has 1 amide bonds. The number of carbonyl (C=O) groups is 1. The molecule has 28 heavy (non-hydrogen) atoms. The summed E-state index contributed by atoms with van der Waals surface area (Å²) in [5.74, 6) is 1.33. The highest BCUT2D eigenvalue weighted by atomic mass is 32.2. The Hall–Kier alpha value is -2.99. The zero-order valence-electron chi connectivity index (χ0n) is 15.6. The van der Waals surface area contributed by atoms with E-state index in [0.717, 1.165) is 27.3 Å². The second kappa shape index (κ2) is 7.94. The van der Waals surface area contributed by atoms with Crippen LogP contribution in [0, 0.1) is 0 Å². The molecule has 2 aromatic carbocycles. The van der Waals surface area contributed by atoms with Crippen molar-refractivity contribution in [2.45, 2.75) is 11.4 Å². The molecular weight excluding hydrogens is 370 g/mol. The molecule has 1 aliphatic rings. The lowest BCUT2D eigenvalue weighted by atomic mass is 10.0. The van der Waals surface area contributed by atoms with Gasteiger partial charge in [-0.15, -0.1) is 11.8 Å². The Morgan fingerprint density at radius 2 is 1.89 bits per heavy atom. The lowest BCUT2D eigenvalue weighted by Gasteiger charge is -2.20. The summed E-state index contributed by atoms with van der Waals surface area (Å²) >= 11 is 1.66.